The third kappa shape index (κ3) is 3.41. The molecule has 0 atom stereocenters. The maximum absolute atomic E-state index is 13.2. The van der Waals surface area contributed by atoms with Crippen LogP contribution in [0.2, 0.25) is 0 Å². The molecular weight excluding hydrogens is 261 g/mol. The van der Waals surface area contributed by atoms with Crippen LogP contribution in [0.15, 0.2) is 23.1 Å². The first-order chi connectivity index (χ1) is 8.34. The highest BCUT2D eigenvalue weighted by Crippen LogP contribution is 2.20. The summed E-state index contributed by atoms with van der Waals surface area (Å²) in [5.41, 5.74) is 0.0391. The number of hydrogen-bond donors (Lipinski definition) is 3. The first kappa shape index (κ1) is 12.8. The lowest BCUT2D eigenvalue weighted by atomic mass is 10.3. The van der Waals surface area contributed by atoms with Crippen LogP contribution in [0.1, 0.15) is 12.8 Å². The zero-order valence-corrected chi connectivity index (χ0v) is 10.1. The minimum atomic E-state index is -4.01. The average Bonchev–Trinajstić information content (AvgIpc) is 2.98. The van der Waals surface area contributed by atoms with E-state index in [0.717, 1.165) is 31.0 Å². The van der Waals surface area contributed by atoms with Crippen LogP contribution in [0.25, 0.3) is 0 Å². The van der Waals surface area contributed by atoms with Gasteiger partial charge in [0.2, 0.25) is 10.0 Å². The van der Waals surface area contributed by atoms with Gasteiger partial charge < -0.3 is 10.6 Å². The number of hydrogen-bond acceptors (Lipinski definition) is 3. The van der Waals surface area contributed by atoms with E-state index >= 15 is 0 Å². The quantitative estimate of drug-likeness (QED) is 0.757. The first-order valence-corrected chi connectivity index (χ1v) is 6.80. The second-order valence-corrected chi connectivity index (χ2v) is 5.65. The van der Waals surface area contributed by atoms with Gasteiger partial charge >= 0.3 is 6.03 Å². The van der Waals surface area contributed by atoms with Crippen LogP contribution >= 0.6 is 0 Å². The number of amides is 2. The summed E-state index contributed by atoms with van der Waals surface area (Å²) < 4.78 is 35.4. The molecule has 4 N–H and O–H groups in total. The Hall–Kier alpha value is -1.67. The Morgan fingerprint density at radius 1 is 1.33 bits per heavy atom. The van der Waals surface area contributed by atoms with Crippen molar-refractivity contribution in [2.75, 3.05) is 5.32 Å². The SMILES string of the molecule is NS(=O)(=O)c1cc(F)cc(NC(=O)NC2CC2)c1. The summed E-state index contributed by atoms with van der Waals surface area (Å²) >= 11 is 0. The Morgan fingerprint density at radius 3 is 2.56 bits per heavy atom. The molecule has 1 saturated carbocycles. The van der Waals surface area contributed by atoms with Crippen molar-refractivity contribution in [1.82, 2.24) is 5.32 Å². The van der Waals surface area contributed by atoms with Crippen molar-refractivity contribution in [2.24, 2.45) is 5.14 Å². The van der Waals surface area contributed by atoms with E-state index in [1.54, 1.807) is 0 Å². The lowest BCUT2D eigenvalue weighted by Gasteiger charge is -2.08. The number of benzene rings is 1. The van der Waals surface area contributed by atoms with E-state index in [9.17, 15) is 17.6 Å². The zero-order valence-electron chi connectivity index (χ0n) is 9.31. The molecule has 98 valence electrons. The molecule has 0 aliphatic heterocycles. The number of halogens is 1. The van der Waals surface area contributed by atoms with Gasteiger partial charge in [-0.25, -0.2) is 22.7 Å². The van der Waals surface area contributed by atoms with Gasteiger partial charge in [0.1, 0.15) is 5.82 Å². The highest BCUT2D eigenvalue weighted by Gasteiger charge is 2.23. The second-order valence-electron chi connectivity index (χ2n) is 4.09. The molecule has 0 bridgehead atoms. The van der Waals surface area contributed by atoms with Crippen molar-refractivity contribution in [2.45, 2.75) is 23.8 Å². The number of carbonyl (C=O) groups is 1. The molecule has 0 spiro atoms. The van der Waals surface area contributed by atoms with E-state index in [0.29, 0.717) is 0 Å². The van der Waals surface area contributed by atoms with Crippen molar-refractivity contribution in [1.29, 1.82) is 0 Å². The van der Waals surface area contributed by atoms with Crippen LogP contribution < -0.4 is 15.8 Å². The van der Waals surface area contributed by atoms with E-state index in [2.05, 4.69) is 10.6 Å². The molecule has 0 saturated heterocycles. The molecule has 2 amide bonds. The molecule has 1 aliphatic carbocycles. The van der Waals surface area contributed by atoms with Crippen molar-refractivity contribution < 1.29 is 17.6 Å². The maximum atomic E-state index is 13.2. The Morgan fingerprint density at radius 2 is 2.00 bits per heavy atom. The number of nitrogens with two attached hydrogens (primary N) is 1. The molecule has 0 heterocycles. The Kier molecular flexibility index (Phi) is 3.22. The molecule has 0 radical (unpaired) electrons. The fourth-order valence-electron chi connectivity index (χ4n) is 1.38. The molecule has 0 aromatic heterocycles. The summed E-state index contributed by atoms with van der Waals surface area (Å²) in [7, 11) is -4.01. The van der Waals surface area contributed by atoms with Crippen LogP contribution in [-0.2, 0) is 10.0 Å². The number of anilines is 1. The van der Waals surface area contributed by atoms with Crippen molar-refractivity contribution in [3.63, 3.8) is 0 Å². The minimum absolute atomic E-state index is 0.0391. The molecule has 1 aromatic carbocycles. The van der Waals surface area contributed by atoms with Gasteiger partial charge in [-0.3, -0.25) is 0 Å². The van der Waals surface area contributed by atoms with Crippen LogP contribution in [0, 0.1) is 5.82 Å². The Labute approximate surface area is 103 Å². The highest BCUT2D eigenvalue weighted by molar-refractivity contribution is 7.89. The fraction of sp³-hybridized carbons (Fsp3) is 0.300. The van der Waals surface area contributed by atoms with Crippen LogP contribution in [0.5, 0.6) is 0 Å². The number of carbonyl (C=O) groups excluding carboxylic acids is 1. The standard InChI is InChI=1S/C10H12FN3O3S/c11-6-3-8(5-9(4-6)18(12,16)17)14-10(15)13-7-1-2-7/h3-5,7H,1-2H2,(H2,12,16,17)(H2,13,14,15). The maximum Gasteiger partial charge on any atom is 0.319 e. The predicted molar refractivity (Wildman–Crippen MR) is 62.9 cm³/mol. The summed E-state index contributed by atoms with van der Waals surface area (Å²) in [6.45, 7) is 0. The van der Waals surface area contributed by atoms with Gasteiger partial charge in [-0.2, -0.15) is 0 Å². The summed E-state index contributed by atoms with van der Waals surface area (Å²) in [4.78, 5) is 11.0. The second kappa shape index (κ2) is 4.54. The van der Waals surface area contributed by atoms with Gasteiger partial charge in [0.25, 0.3) is 0 Å². The van der Waals surface area contributed by atoms with Crippen molar-refractivity contribution in [3.8, 4) is 0 Å². The monoisotopic (exact) mass is 273 g/mol. The molecule has 1 aliphatic rings. The summed E-state index contributed by atoms with van der Waals surface area (Å²) in [6, 6.07) is 2.56. The number of nitrogens with one attached hydrogen (secondary N) is 2. The fourth-order valence-corrected chi connectivity index (χ4v) is 1.95. The van der Waals surface area contributed by atoms with Crippen LogP contribution in [0.4, 0.5) is 14.9 Å². The minimum Gasteiger partial charge on any atom is -0.335 e. The number of primary sulfonamides is 1. The van der Waals surface area contributed by atoms with Gasteiger partial charge in [0, 0.05) is 11.7 Å². The lowest BCUT2D eigenvalue weighted by molar-refractivity contribution is 0.251. The summed E-state index contributed by atoms with van der Waals surface area (Å²) in [6.07, 6.45) is 1.83. The van der Waals surface area contributed by atoms with Gasteiger partial charge in [-0.1, -0.05) is 0 Å². The third-order valence-electron chi connectivity index (χ3n) is 2.37. The molecule has 2 rings (SSSR count). The molecule has 1 fully saturated rings. The van der Waals surface area contributed by atoms with E-state index in [4.69, 9.17) is 5.14 Å². The number of rotatable bonds is 3. The normalized spacial score (nSPS) is 15.2. The number of urea groups is 1. The average molecular weight is 273 g/mol. The molecule has 18 heavy (non-hydrogen) atoms. The Balaban J connectivity index is 2.17. The lowest BCUT2D eigenvalue weighted by Crippen LogP contribution is -2.30. The van der Waals surface area contributed by atoms with Crippen molar-refractivity contribution in [3.05, 3.63) is 24.0 Å². The molecule has 0 unspecified atom stereocenters. The smallest absolute Gasteiger partial charge is 0.319 e. The molecular formula is C10H12FN3O3S. The van der Waals surface area contributed by atoms with Crippen LogP contribution in [-0.4, -0.2) is 20.5 Å². The zero-order chi connectivity index (χ0) is 13.3. The van der Waals surface area contributed by atoms with E-state index < -0.39 is 21.9 Å². The molecule has 6 nitrogen and oxygen atoms in total. The molecule has 1 aromatic rings. The molecule has 8 heteroatoms. The predicted octanol–water partition coefficient (Wildman–Crippen LogP) is 0.757. The van der Waals surface area contributed by atoms with Crippen LogP contribution in [0.3, 0.4) is 0 Å². The number of sulfonamides is 1. The van der Waals surface area contributed by atoms with Gasteiger partial charge in [-0.05, 0) is 31.0 Å². The highest BCUT2D eigenvalue weighted by atomic mass is 32.2. The van der Waals surface area contributed by atoms with Gasteiger partial charge in [0.05, 0.1) is 4.90 Å². The van der Waals surface area contributed by atoms with E-state index in [1.807, 2.05) is 0 Å². The third-order valence-corrected chi connectivity index (χ3v) is 3.26. The van der Waals surface area contributed by atoms with Crippen molar-refractivity contribution >= 4 is 21.7 Å². The largest absolute Gasteiger partial charge is 0.335 e. The summed E-state index contributed by atoms with van der Waals surface area (Å²) in [5.74, 6) is -0.789. The van der Waals surface area contributed by atoms with Gasteiger partial charge in [-0.15, -0.1) is 0 Å². The summed E-state index contributed by atoms with van der Waals surface area (Å²) in [5, 5.41) is 9.88. The Bertz CT molecular complexity index is 584. The topological polar surface area (TPSA) is 101 Å². The van der Waals surface area contributed by atoms with E-state index in [1.165, 1.54) is 0 Å². The van der Waals surface area contributed by atoms with Gasteiger partial charge in [0.15, 0.2) is 0 Å². The first-order valence-electron chi connectivity index (χ1n) is 5.25. The van der Waals surface area contributed by atoms with E-state index in [-0.39, 0.29) is 16.6 Å².